The van der Waals surface area contributed by atoms with Crippen molar-refractivity contribution in [1.29, 1.82) is 0 Å². The van der Waals surface area contributed by atoms with Crippen LogP contribution in [-0.4, -0.2) is 36.8 Å². The fourth-order valence-corrected chi connectivity index (χ4v) is 4.49. The molecule has 0 radical (unpaired) electrons. The van der Waals surface area contributed by atoms with E-state index in [4.69, 9.17) is 0 Å². The maximum atomic E-state index is 13.5. The lowest BCUT2D eigenvalue weighted by Gasteiger charge is -2.28. The van der Waals surface area contributed by atoms with Crippen LogP contribution in [0.5, 0.6) is 5.75 Å². The minimum Gasteiger partial charge on any atom is -0.504 e. The lowest BCUT2D eigenvalue weighted by atomic mass is 9.92. The summed E-state index contributed by atoms with van der Waals surface area (Å²) in [7, 11) is 0. The molecule has 0 saturated carbocycles. The number of anilines is 1. The third-order valence-corrected chi connectivity index (χ3v) is 6.04. The van der Waals surface area contributed by atoms with Crippen molar-refractivity contribution in [3.8, 4) is 11.4 Å². The van der Waals surface area contributed by atoms with Gasteiger partial charge in [0, 0.05) is 22.6 Å². The number of hydrogen-bond acceptors (Lipinski definition) is 7. The SMILES string of the molecule is Cc1cc(N2C(=O)c3cccc4c([N+](=O)[O-])ccc(c34)C2=O)c(O)c(-n2nc3ccccc3n2)c1. The van der Waals surface area contributed by atoms with E-state index in [0.717, 1.165) is 4.90 Å². The molecule has 6 rings (SSSR count). The third-order valence-electron chi connectivity index (χ3n) is 6.04. The highest BCUT2D eigenvalue weighted by atomic mass is 16.6. The Morgan fingerprint density at radius 1 is 0.857 bits per heavy atom. The highest BCUT2D eigenvalue weighted by molar-refractivity contribution is 6.36. The summed E-state index contributed by atoms with van der Waals surface area (Å²) in [4.78, 5) is 40.1. The number of imide groups is 1. The van der Waals surface area contributed by atoms with E-state index < -0.39 is 16.7 Å². The van der Waals surface area contributed by atoms with Crippen LogP contribution >= 0.6 is 0 Å². The van der Waals surface area contributed by atoms with Gasteiger partial charge in [-0.05, 0) is 55.0 Å². The summed E-state index contributed by atoms with van der Waals surface area (Å²) in [6.07, 6.45) is 0. The van der Waals surface area contributed by atoms with E-state index in [-0.39, 0.29) is 44.7 Å². The summed E-state index contributed by atoms with van der Waals surface area (Å²) in [6, 6.07) is 17.5. The van der Waals surface area contributed by atoms with Crippen molar-refractivity contribution < 1.29 is 19.6 Å². The Morgan fingerprint density at radius 2 is 1.49 bits per heavy atom. The van der Waals surface area contributed by atoms with Crippen molar-refractivity contribution in [2.24, 2.45) is 0 Å². The zero-order chi connectivity index (χ0) is 24.4. The average Bonchev–Trinajstić information content (AvgIpc) is 3.28. The lowest BCUT2D eigenvalue weighted by molar-refractivity contribution is -0.383. The first-order valence-corrected chi connectivity index (χ1v) is 10.6. The van der Waals surface area contributed by atoms with Gasteiger partial charge in [-0.25, -0.2) is 4.90 Å². The fraction of sp³-hybridized carbons (Fsp3) is 0.0400. The van der Waals surface area contributed by atoms with E-state index in [9.17, 15) is 24.8 Å². The number of rotatable bonds is 3. The van der Waals surface area contributed by atoms with Crippen LogP contribution < -0.4 is 4.90 Å². The van der Waals surface area contributed by atoms with Crippen LogP contribution in [0.2, 0.25) is 0 Å². The Hall–Kier alpha value is -5.12. The molecule has 1 aromatic heterocycles. The molecule has 1 aliphatic heterocycles. The van der Waals surface area contributed by atoms with E-state index in [1.807, 2.05) is 12.1 Å². The zero-order valence-corrected chi connectivity index (χ0v) is 18.2. The molecule has 10 nitrogen and oxygen atoms in total. The van der Waals surface area contributed by atoms with Crippen molar-refractivity contribution in [2.45, 2.75) is 6.92 Å². The molecule has 35 heavy (non-hydrogen) atoms. The first kappa shape index (κ1) is 20.5. The zero-order valence-electron chi connectivity index (χ0n) is 18.2. The third kappa shape index (κ3) is 2.90. The Bertz CT molecular complexity index is 1700. The summed E-state index contributed by atoms with van der Waals surface area (Å²) in [5.41, 5.74) is 2.11. The normalized spacial score (nSPS) is 13.1. The van der Waals surface area contributed by atoms with Crippen LogP contribution in [0.4, 0.5) is 11.4 Å². The minimum absolute atomic E-state index is 0.0302. The second kappa shape index (κ2) is 7.19. The molecule has 4 aromatic carbocycles. The Morgan fingerprint density at radius 3 is 2.14 bits per heavy atom. The molecule has 170 valence electrons. The Kier molecular flexibility index (Phi) is 4.21. The van der Waals surface area contributed by atoms with Crippen LogP contribution in [0.25, 0.3) is 27.5 Å². The lowest BCUT2D eigenvalue weighted by Crippen LogP contribution is -2.40. The standard InChI is InChI=1S/C25H15N5O5/c1-13-11-20(23(31)21(12-13)29-26-17-7-2-3-8-18(17)27-29)28-24(32)15-6-4-5-14-19(30(34)35)10-9-16(22(14)15)25(28)33/h2-12,31H,1H3. The molecular formula is C25H15N5O5. The number of carbonyl (C=O) groups excluding carboxylic acids is 2. The van der Waals surface area contributed by atoms with Gasteiger partial charge >= 0.3 is 0 Å². The number of nitro groups is 1. The van der Waals surface area contributed by atoms with Crippen molar-refractivity contribution in [1.82, 2.24) is 15.0 Å². The number of phenolic OH excluding ortho intramolecular Hbond substituents is 1. The van der Waals surface area contributed by atoms with Gasteiger partial charge in [-0.2, -0.15) is 0 Å². The number of phenols is 1. The first-order valence-electron chi connectivity index (χ1n) is 10.6. The van der Waals surface area contributed by atoms with Crippen LogP contribution in [-0.2, 0) is 0 Å². The Balaban J connectivity index is 1.55. The number of carbonyl (C=O) groups is 2. The molecule has 10 heteroatoms. The smallest absolute Gasteiger partial charge is 0.277 e. The summed E-state index contributed by atoms with van der Waals surface area (Å²) >= 11 is 0. The van der Waals surface area contributed by atoms with Crippen LogP contribution in [0.1, 0.15) is 26.3 Å². The van der Waals surface area contributed by atoms with Crippen molar-refractivity contribution in [2.75, 3.05) is 4.90 Å². The highest BCUT2D eigenvalue weighted by Crippen LogP contribution is 2.41. The van der Waals surface area contributed by atoms with Crippen LogP contribution in [0, 0.1) is 17.0 Å². The number of benzene rings is 4. The molecule has 0 aliphatic carbocycles. The van der Waals surface area contributed by atoms with Crippen molar-refractivity contribution in [3.63, 3.8) is 0 Å². The molecule has 5 aromatic rings. The number of nitro benzene ring substituents is 1. The van der Waals surface area contributed by atoms with Crippen LogP contribution in [0.3, 0.4) is 0 Å². The molecule has 1 N–H and O–H groups in total. The van der Waals surface area contributed by atoms with Gasteiger partial charge in [0.2, 0.25) is 0 Å². The fourth-order valence-electron chi connectivity index (χ4n) is 4.49. The van der Waals surface area contributed by atoms with Crippen molar-refractivity contribution in [3.05, 3.63) is 93.5 Å². The number of aromatic hydroxyl groups is 1. The molecule has 1 aliphatic rings. The topological polar surface area (TPSA) is 131 Å². The van der Waals surface area contributed by atoms with E-state index in [2.05, 4.69) is 10.2 Å². The number of non-ortho nitro benzene ring substituents is 1. The van der Waals surface area contributed by atoms with E-state index in [1.54, 1.807) is 25.1 Å². The summed E-state index contributed by atoms with van der Waals surface area (Å²) in [5.74, 6) is -1.74. The van der Waals surface area contributed by atoms with Gasteiger partial charge in [0.25, 0.3) is 17.5 Å². The number of fused-ring (bicyclic) bond motifs is 1. The van der Waals surface area contributed by atoms with Gasteiger partial charge < -0.3 is 5.11 Å². The summed E-state index contributed by atoms with van der Waals surface area (Å²) in [5, 5.41) is 31.9. The largest absolute Gasteiger partial charge is 0.504 e. The monoisotopic (exact) mass is 465 g/mol. The maximum absolute atomic E-state index is 13.5. The highest BCUT2D eigenvalue weighted by Gasteiger charge is 2.37. The van der Waals surface area contributed by atoms with Gasteiger partial charge in [0.1, 0.15) is 16.7 Å². The second-order valence-corrected chi connectivity index (χ2v) is 8.19. The van der Waals surface area contributed by atoms with E-state index in [1.165, 1.54) is 41.2 Å². The molecule has 2 heterocycles. The van der Waals surface area contributed by atoms with E-state index >= 15 is 0 Å². The quantitative estimate of drug-likeness (QED) is 0.239. The molecule has 0 fully saturated rings. The average molecular weight is 465 g/mol. The molecule has 0 unspecified atom stereocenters. The summed E-state index contributed by atoms with van der Waals surface area (Å²) < 4.78 is 0. The number of amides is 2. The molecule has 0 bridgehead atoms. The van der Waals surface area contributed by atoms with Gasteiger partial charge in [0.15, 0.2) is 5.75 Å². The van der Waals surface area contributed by atoms with E-state index in [0.29, 0.717) is 16.6 Å². The number of hydrogen-bond donors (Lipinski definition) is 1. The predicted molar refractivity (Wildman–Crippen MR) is 127 cm³/mol. The summed E-state index contributed by atoms with van der Waals surface area (Å²) in [6.45, 7) is 1.76. The minimum atomic E-state index is -0.695. The molecule has 0 atom stereocenters. The van der Waals surface area contributed by atoms with Gasteiger partial charge in [-0.3, -0.25) is 19.7 Å². The van der Waals surface area contributed by atoms with Crippen LogP contribution in [0.15, 0.2) is 66.7 Å². The molecule has 0 saturated heterocycles. The van der Waals surface area contributed by atoms with Gasteiger partial charge in [0.05, 0.1) is 16.0 Å². The molecular weight excluding hydrogens is 450 g/mol. The first-order chi connectivity index (χ1) is 16.8. The second-order valence-electron chi connectivity index (χ2n) is 8.19. The van der Waals surface area contributed by atoms with Crippen molar-refractivity contribution >= 4 is 45.0 Å². The predicted octanol–water partition coefficient (Wildman–Crippen LogP) is 4.30. The molecule has 0 spiro atoms. The molecule has 2 amide bonds. The maximum Gasteiger partial charge on any atom is 0.277 e. The van der Waals surface area contributed by atoms with Gasteiger partial charge in [-0.1, -0.05) is 18.2 Å². The number of aromatic nitrogens is 3. The number of aryl methyl sites for hydroxylation is 1. The van der Waals surface area contributed by atoms with Gasteiger partial charge in [-0.15, -0.1) is 15.0 Å². The number of nitrogens with zero attached hydrogens (tertiary/aromatic N) is 5. The Labute approximate surface area is 196 Å².